The van der Waals surface area contributed by atoms with Crippen molar-refractivity contribution in [2.75, 3.05) is 6.61 Å². The lowest BCUT2D eigenvalue weighted by Crippen LogP contribution is -2.39. The molecule has 0 saturated carbocycles. The number of halogens is 1. The summed E-state index contributed by atoms with van der Waals surface area (Å²) in [6.45, 7) is 1.95. The number of benzene rings is 2. The first kappa shape index (κ1) is 22.2. The van der Waals surface area contributed by atoms with Gasteiger partial charge in [-0.05, 0) is 42.1 Å². The van der Waals surface area contributed by atoms with Gasteiger partial charge >= 0.3 is 5.97 Å². The van der Waals surface area contributed by atoms with E-state index in [-0.39, 0.29) is 18.0 Å². The number of rotatable bonds is 5. The Kier molecular flexibility index (Phi) is 6.08. The zero-order valence-electron chi connectivity index (χ0n) is 18.1. The molecule has 1 atom stereocenters. The van der Waals surface area contributed by atoms with E-state index in [1.807, 2.05) is 47.8 Å². The summed E-state index contributed by atoms with van der Waals surface area (Å²) in [6, 6.07) is 18.5. The van der Waals surface area contributed by atoms with Gasteiger partial charge in [0, 0.05) is 10.4 Å². The second-order valence-corrected chi connectivity index (χ2v) is 9.49. The summed E-state index contributed by atoms with van der Waals surface area (Å²) in [5.41, 5.74) is 2.03. The molecule has 0 aliphatic carbocycles. The average Bonchev–Trinajstić information content (AvgIpc) is 3.49. The molecule has 2 aromatic carbocycles. The second kappa shape index (κ2) is 9.32. The third-order valence-electron chi connectivity index (χ3n) is 5.35. The molecule has 1 unspecified atom stereocenters. The first-order valence-corrected chi connectivity index (χ1v) is 12.3. The van der Waals surface area contributed by atoms with Crippen molar-refractivity contribution in [2.24, 2.45) is 4.99 Å². The van der Waals surface area contributed by atoms with Gasteiger partial charge in [0.2, 0.25) is 0 Å². The van der Waals surface area contributed by atoms with E-state index < -0.39 is 12.0 Å². The van der Waals surface area contributed by atoms with Crippen LogP contribution in [-0.4, -0.2) is 17.1 Å². The van der Waals surface area contributed by atoms with Gasteiger partial charge in [-0.25, -0.2) is 14.2 Å². The maximum absolute atomic E-state index is 13.6. The second-order valence-electron chi connectivity index (χ2n) is 7.50. The van der Waals surface area contributed by atoms with Gasteiger partial charge in [0.1, 0.15) is 11.9 Å². The Hall–Kier alpha value is -3.62. The van der Waals surface area contributed by atoms with Crippen LogP contribution in [0.15, 0.2) is 87.5 Å². The maximum atomic E-state index is 13.6. The SMILES string of the molecule is CCOC(=O)C1=C(c2ccccc2)N=c2sc(=Cc3ccc(F)cc3)c(=O)n2C1c1cccs1. The van der Waals surface area contributed by atoms with E-state index in [4.69, 9.17) is 9.73 Å². The fraction of sp³-hybridized carbons (Fsp3) is 0.115. The van der Waals surface area contributed by atoms with Crippen molar-refractivity contribution in [1.29, 1.82) is 0 Å². The molecule has 0 amide bonds. The number of nitrogens with zero attached hydrogens (tertiary/aromatic N) is 2. The van der Waals surface area contributed by atoms with E-state index in [2.05, 4.69) is 0 Å². The van der Waals surface area contributed by atoms with Crippen LogP contribution in [0.4, 0.5) is 4.39 Å². The van der Waals surface area contributed by atoms with Crippen molar-refractivity contribution in [3.63, 3.8) is 0 Å². The predicted molar refractivity (Wildman–Crippen MR) is 132 cm³/mol. The Balaban J connectivity index is 1.81. The first-order chi connectivity index (χ1) is 16.6. The fourth-order valence-electron chi connectivity index (χ4n) is 3.87. The average molecular weight is 491 g/mol. The van der Waals surface area contributed by atoms with Gasteiger partial charge in [0.15, 0.2) is 4.80 Å². The number of ether oxygens (including phenoxy) is 1. The molecule has 8 heteroatoms. The van der Waals surface area contributed by atoms with Crippen molar-refractivity contribution in [3.8, 4) is 0 Å². The molecule has 0 radical (unpaired) electrons. The normalized spacial score (nSPS) is 15.7. The summed E-state index contributed by atoms with van der Waals surface area (Å²) in [5.74, 6) is -0.848. The Morgan fingerprint density at radius 3 is 2.56 bits per heavy atom. The van der Waals surface area contributed by atoms with Crippen LogP contribution in [0.1, 0.15) is 29.0 Å². The van der Waals surface area contributed by atoms with Crippen LogP contribution >= 0.6 is 22.7 Å². The minimum absolute atomic E-state index is 0.205. The molecule has 0 spiro atoms. The Morgan fingerprint density at radius 1 is 1.12 bits per heavy atom. The number of carbonyl (C=O) groups excluding carboxylic acids is 1. The molecule has 34 heavy (non-hydrogen) atoms. The van der Waals surface area contributed by atoms with Gasteiger partial charge in [-0.3, -0.25) is 9.36 Å². The smallest absolute Gasteiger partial charge is 0.338 e. The topological polar surface area (TPSA) is 60.7 Å². The zero-order chi connectivity index (χ0) is 23.7. The van der Waals surface area contributed by atoms with Crippen LogP contribution in [0, 0.1) is 5.82 Å². The summed E-state index contributed by atoms with van der Waals surface area (Å²) in [4.78, 5) is 33.0. The van der Waals surface area contributed by atoms with Gasteiger partial charge < -0.3 is 4.74 Å². The minimum Gasteiger partial charge on any atom is -0.463 e. The number of hydrogen-bond donors (Lipinski definition) is 0. The number of fused-ring (bicyclic) bond motifs is 1. The molecule has 0 bridgehead atoms. The van der Waals surface area contributed by atoms with E-state index in [1.165, 1.54) is 34.8 Å². The van der Waals surface area contributed by atoms with Gasteiger partial charge in [0.05, 0.1) is 22.4 Å². The molecule has 170 valence electrons. The van der Waals surface area contributed by atoms with Crippen LogP contribution < -0.4 is 14.9 Å². The van der Waals surface area contributed by atoms with Gasteiger partial charge in [-0.1, -0.05) is 59.9 Å². The van der Waals surface area contributed by atoms with Crippen LogP contribution in [0.5, 0.6) is 0 Å². The maximum Gasteiger partial charge on any atom is 0.338 e. The molecule has 0 saturated heterocycles. The van der Waals surface area contributed by atoms with Gasteiger partial charge in [0.25, 0.3) is 5.56 Å². The highest BCUT2D eigenvalue weighted by atomic mass is 32.1. The largest absolute Gasteiger partial charge is 0.463 e. The van der Waals surface area contributed by atoms with E-state index in [0.717, 1.165) is 10.4 Å². The Morgan fingerprint density at radius 2 is 1.88 bits per heavy atom. The minimum atomic E-state index is -0.666. The van der Waals surface area contributed by atoms with Crippen LogP contribution in [0.2, 0.25) is 0 Å². The zero-order valence-corrected chi connectivity index (χ0v) is 19.7. The molecule has 2 aromatic heterocycles. The molecule has 1 aliphatic heterocycles. The Labute approximate surface area is 202 Å². The van der Waals surface area contributed by atoms with Gasteiger partial charge in [-0.2, -0.15) is 0 Å². The standard InChI is InChI=1S/C26H19FN2O3S2/c1-2-32-25(31)21-22(17-7-4-3-5-8-17)28-26-29(23(21)19-9-6-14-33-19)24(30)20(34-26)15-16-10-12-18(27)13-11-16/h3-15,23H,2H2,1H3. The van der Waals surface area contributed by atoms with Crippen molar-refractivity contribution in [3.05, 3.63) is 119 Å². The molecule has 5 nitrogen and oxygen atoms in total. The third kappa shape index (κ3) is 4.06. The lowest BCUT2D eigenvalue weighted by atomic mass is 9.97. The van der Waals surface area contributed by atoms with E-state index in [1.54, 1.807) is 29.7 Å². The van der Waals surface area contributed by atoms with Crippen LogP contribution in [0.3, 0.4) is 0 Å². The highest BCUT2D eigenvalue weighted by Gasteiger charge is 2.35. The lowest BCUT2D eigenvalue weighted by Gasteiger charge is -2.24. The molecular formula is C26H19FN2O3S2. The third-order valence-corrected chi connectivity index (χ3v) is 7.26. The molecule has 5 rings (SSSR count). The van der Waals surface area contributed by atoms with Gasteiger partial charge in [-0.15, -0.1) is 11.3 Å². The monoisotopic (exact) mass is 490 g/mol. The van der Waals surface area contributed by atoms with Crippen LogP contribution in [-0.2, 0) is 9.53 Å². The number of thiophene rings is 1. The Bertz CT molecular complexity index is 1550. The highest BCUT2D eigenvalue weighted by molar-refractivity contribution is 7.10. The van der Waals surface area contributed by atoms with Crippen LogP contribution in [0.25, 0.3) is 11.8 Å². The quantitative estimate of drug-likeness (QED) is 0.395. The number of esters is 1. The van der Waals surface area contributed by atoms with E-state index in [0.29, 0.717) is 26.2 Å². The number of thiazole rings is 1. The molecule has 3 heterocycles. The highest BCUT2D eigenvalue weighted by Crippen LogP contribution is 2.36. The predicted octanol–water partition coefficient (Wildman–Crippen LogP) is 4.14. The summed E-state index contributed by atoms with van der Waals surface area (Å²) in [7, 11) is 0. The van der Waals surface area contributed by atoms with Crippen molar-refractivity contribution >= 4 is 40.4 Å². The first-order valence-electron chi connectivity index (χ1n) is 10.6. The molecule has 4 aromatic rings. The van der Waals surface area contributed by atoms with E-state index in [9.17, 15) is 14.0 Å². The fourth-order valence-corrected chi connectivity index (χ4v) is 5.69. The molecular weight excluding hydrogens is 471 g/mol. The molecule has 0 N–H and O–H groups in total. The lowest BCUT2D eigenvalue weighted by molar-refractivity contribution is -0.138. The van der Waals surface area contributed by atoms with Crippen molar-refractivity contribution < 1.29 is 13.9 Å². The molecule has 1 aliphatic rings. The number of hydrogen-bond acceptors (Lipinski definition) is 6. The number of aromatic nitrogens is 1. The van der Waals surface area contributed by atoms with Crippen molar-refractivity contribution in [2.45, 2.75) is 13.0 Å². The summed E-state index contributed by atoms with van der Waals surface area (Å²) >= 11 is 2.70. The number of carbonyl (C=O) groups is 1. The van der Waals surface area contributed by atoms with E-state index >= 15 is 0 Å². The van der Waals surface area contributed by atoms with Crippen molar-refractivity contribution in [1.82, 2.24) is 4.57 Å². The molecule has 0 fully saturated rings. The summed E-state index contributed by atoms with van der Waals surface area (Å²) in [5, 5.41) is 1.91. The summed E-state index contributed by atoms with van der Waals surface area (Å²) < 4.78 is 20.8. The summed E-state index contributed by atoms with van der Waals surface area (Å²) in [6.07, 6.45) is 1.71.